The van der Waals surface area contributed by atoms with Crippen LogP contribution in [0.1, 0.15) is 73.7 Å². The van der Waals surface area contributed by atoms with E-state index in [4.69, 9.17) is 23.7 Å². The number of esters is 1. The van der Waals surface area contributed by atoms with Crippen molar-refractivity contribution in [3.05, 3.63) is 90.0 Å². The van der Waals surface area contributed by atoms with E-state index in [0.717, 1.165) is 62.4 Å². The first-order chi connectivity index (χ1) is 19.3. The summed E-state index contributed by atoms with van der Waals surface area (Å²) in [5, 5.41) is 0. The van der Waals surface area contributed by atoms with Crippen LogP contribution in [0.4, 0.5) is 0 Å². The van der Waals surface area contributed by atoms with Crippen LogP contribution in [0, 0.1) is 0 Å². The van der Waals surface area contributed by atoms with Gasteiger partial charge in [0.25, 0.3) is 0 Å². The van der Waals surface area contributed by atoms with Crippen LogP contribution in [0.5, 0.6) is 17.2 Å². The second kappa shape index (κ2) is 16.6. The van der Waals surface area contributed by atoms with E-state index in [1.165, 1.54) is 25.7 Å². The molecule has 1 fully saturated rings. The summed E-state index contributed by atoms with van der Waals surface area (Å²) in [6.45, 7) is 2.80. The number of hydrogen-bond acceptors (Lipinski definition) is 6. The van der Waals surface area contributed by atoms with Crippen LogP contribution in [0.3, 0.4) is 0 Å². The molecule has 6 nitrogen and oxygen atoms in total. The highest BCUT2D eigenvalue weighted by atomic mass is 16.7. The van der Waals surface area contributed by atoms with Gasteiger partial charge in [0.2, 0.25) is 0 Å². The molecule has 0 saturated carbocycles. The number of rotatable bonds is 16. The molecule has 1 aliphatic rings. The summed E-state index contributed by atoms with van der Waals surface area (Å²) in [6, 6.07) is 24.1. The lowest BCUT2D eigenvalue weighted by atomic mass is 10.1. The highest BCUT2D eigenvalue weighted by molar-refractivity contribution is 5.91. The Kier molecular flexibility index (Phi) is 12.2. The van der Waals surface area contributed by atoms with Crippen molar-refractivity contribution in [2.24, 2.45) is 0 Å². The van der Waals surface area contributed by atoms with E-state index in [9.17, 15) is 4.79 Å². The van der Waals surface area contributed by atoms with Crippen molar-refractivity contribution in [2.45, 2.75) is 70.7 Å². The summed E-state index contributed by atoms with van der Waals surface area (Å²) in [4.78, 5) is 12.5. The molecular formula is C33H40O6. The molecule has 0 spiro atoms. The van der Waals surface area contributed by atoms with Crippen molar-refractivity contribution in [1.29, 1.82) is 0 Å². The van der Waals surface area contributed by atoms with Crippen LogP contribution in [0.25, 0.3) is 0 Å². The Bertz CT molecular complexity index is 1080. The zero-order valence-electron chi connectivity index (χ0n) is 22.7. The fourth-order valence-electron chi connectivity index (χ4n) is 4.36. The van der Waals surface area contributed by atoms with Crippen LogP contribution < -0.4 is 14.2 Å². The number of carbonyl (C=O) groups is 1. The van der Waals surface area contributed by atoms with Gasteiger partial charge in [-0.2, -0.15) is 0 Å². The van der Waals surface area contributed by atoms with Crippen molar-refractivity contribution in [1.82, 2.24) is 0 Å². The Balaban J connectivity index is 1.05. The summed E-state index contributed by atoms with van der Waals surface area (Å²) in [5.41, 5.74) is 1.57. The predicted octanol–water partition coefficient (Wildman–Crippen LogP) is 7.75. The SMILES string of the molecule is O=C(Oc1ccc(OCc2ccccc2)cc1)c1ccc(OCCCCCCCCOC2CCCCO2)cc1. The number of ether oxygens (including phenoxy) is 5. The molecule has 0 aromatic heterocycles. The van der Waals surface area contributed by atoms with Crippen molar-refractivity contribution in [2.75, 3.05) is 19.8 Å². The lowest BCUT2D eigenvalue weighted by molar-refractivity contribution is -0.162. The molecule has 6 heteroatoms. The van der Waals surface area contributed by atoms with Crippen molar-refractivity contribution < 1.29 is 28.5 Å². The lowest BCUT2D eigenvalue weighted by Crippen LogP contribution is -2.22. The molecule has 3 aromatic rings. The van der Waals surface area contributed by atoms with Crippen LogP contribution in [0.15, 0.2) is 78.9 Å². The fraction of sp³-hybridized carbons (Fsp3) is 0.424. The molecule has 39 heavy (non-hydrogen) atoms. The Morgan fingerprint density at radius 1 is 0.692 bits per heavy atom. The second-order valence-electron chi connectivity index (χ2n) is 9.80. The molecule has 0 aliphatic carbocycles. The van der Waals surface area contributed by atoms with Gasteiger partial charge in [0.15, 0.2) is 6.29 Å². The van der Waals surface area contributed by atoms with Crippen LogP contribution in [-0.2, 0) is 16.1 Å². The minimum atomic E-state index is -0.406. The molecule has 3 aromatic carbocycles. The molecule has 1 atom stereocenters. The highest BCUT2D eigenvalue weighted by Gasteiger charge is 2.13. The molecule has 0 bridgehead atoms. The Labute approximate surface area is 232 Å². The van der Waals surface area contributed by atoms with Gasteiger partial charge in [-0.25, -0.2) is 4.79 Å². The summed E-state index contributed by atoms with van der Waals surface area (Å²) < 4.78 is 28.5. The maximum Gasteiger partial charge on any atom is 0.343 e. The Morgan fingerprint density at radius 2 is 1.33 bits per heavy atom. The molecule has 0 radical (unpaired) electrons. The van der Waals surface area contributed by atoms with Gasteiger partial charge in [-0.1, -0.05) is 56.0 Å². The number of benzene rings is 3. The summed E-state index contributed by atoms with van der Waals surface area (Å²) >= 11 is 0. The average Bonchev–Trinajstić information content (AvgIpc) is 2.99. The van der Waals surface area contributed by atoms with Gasteiger partial charge < -0.3 is 23.7 Å². The molecule has 0 N–H and O–H groups in total. The van der Waals surface area contributed by atoms with Gasteiger partial charge in [-0.3, -0.25) is 0 Å². The van der Waals surface area contributed by atoms with Crippen molar-refractivity contribution in [3.63, 3.8) is 0 Å². The summed E-state index contributed by atoms with van der Waals surface area (Å²) in [7, 11) is 0. The summed E-state index contributed by atoms with van der Waals surface area (Å²) in [6.07, 6.45) is 10.3. The molecular weight excluding hydrogens is 492 g/mol. The quantitative estimate of drug-likeness (QED) is 0.107. The smallest absolute Gasteiger partial charge is 0.343 e. The fourth-order valence-corrected chi connectivity index (χ4v) is 4.36. The predicted molar refractivity (Wildman–Crippen MR) is 151 cm³/mol. The van der Waals surface area contributed by atoms with Gasteiger partial charge in [-0.05, 0) is 86.2 Å². The number of hydrogen-bond donors (Lipinski definition) is 0. The number of carbonyl (C=O) groups excluding carboxylic acids is 1. The average molecular weight is 533 g/mol. The first kappa shape index (κ1) is 28.7. The van der Waals surface area contributed by atoms with E-state index in [1.54, 1.807) is 36.4 Å². The topological polar surface area (TPSA) is 63.2 Å². The maximum atomic E-state index is 12.5. The zero-order valence-corrected chi connectivity index (χ0v) is 22.7. The van der Waals surface area contributed by atoms with E-state index in [0.29, 0.717) is 24.5 Å². The normalized spacial score (nSPS) is 15.0. The van der Waals surface area contributed by atoms with E-state index in [-0.39, 0.29) is 6.29 Å². The lowest BCUT2D eigenvalue weighted by Gasteiger charge is -2.22. The standard InChI is InChI=1S/C33H40O6/c34-33(39-31-21-19-30(20-22-31)38-26-27-12-6-5-7-13-27)28-15-17-29(18-16-28)35-23-9-3-1-2-4-10-24-36-32-14-8-11-25-37-32/h5-7,12-13,15-22,32H,1-4,8-11,14,23-26H2. The second-order valence-corrected chi connectivity index (χ2v) is 9.80. The van der Waals surface area contributed by atoms with Gasteiger partial charge in [-0.15, -0.1) is 0 Å². The van der Waals surface area contributed by atoms with Gasteiger partial charge in [0, 0.05) is 13.2 Å². The van der Waals surface area contributed by atoms with E-state index < -0.39 is 5.97 Å². The van der Waals surface area contributed by atoms with Gasteiger partial charge >= 0.3 is 5.97 Å². The minimum Gasteiger partial charge on any atom is -0.494 e. The van der Waals surface area contributed by atoms with Crippen LogP contribution in [-0.4, -0.2) is 32.1 Å². The molecule has 1 unspecified atom stereocenters. The molecule has 1 saturated heterocycles. The first-order valence-corrected chi connectivity index (χ1v) is 14.2. The monoisotopic (exact) mass is 532 g/mol. The zero-order chi connectivity index (χ0) is 27.0. The highest BCUT2D eigenvalue weighted by Crippen LogP contribution is 2.21. The third-order valence-electron chi connectivity index (χ3n) is 6.62. The summed E-state index contributed by atoms with van der Waals surface area (Å²) in [5.74, 6) is 1.54. The molecule has 208 valence electrons. The van der Waals surface area contributed by atoms with Crippen molar-refractivity contribution >= 4 is 5.97 Å². The first-order valence-electron chi connectivity index (χ1n) is 14.2. The van der Waals surface area contributed by atoms with E-state index >= 15 is 0 Å². The maximum absolute atomic E-state index is 12.5. The minimum absolute atomic E-state index is 0.0269. The Hall–Kier alpha value is -3.35. The third kappa shape index (κ3) is 10.7. The van der Waals surface area contributed by atoms with Crippen molar-refractivity contribution in [3.8, 4) is 17.2 Å². The molecule has 0 amide bonds. The van der Waals surface area contributed by atoms with E-state index in [1.807, 2.05) is 42.5 Å². The van der Waals surface area contributed by atoms with Gasteiger partial charge in [0.05, 0.1) is 12.2 Å². The Morgan fingerprint density at radius 3 is 2.05 bits per heavy atom. The molecule has 1 heterocycles. The largest absolute Gasteiger partial charge is 0.494 e. The van der Waals surface area contributed by atoms with Crippen LogP contribution in [0.2, 0.25) is 0 Å². The van der Waals surface area contributed by atoms with Crippen LogP contribution >= 0.6 is 0 Å². The molecule has 1 aliphatic heterocycles. The van der Waals surface area contributed by atoms with Gasteiger partial charge in [0.1, 0.15) is 23.9 Å². The molecule has 4 rings (SSSR count). The number of unbranched alkanes of at least 4 members (excludes halogenated alkanes) is 5. The third-order valence-corrected chi connectivity index (χ3v) is 6.62. The van der Waals surface area contributed by atoms with E-state index in [2.05, 4.69) is 0 Å².